The van der Waals surface area contributed by atoms with Gasteiger partial charge in [0, 0.05) is 31.5 Å². The number of aryl methyl sites for hydroxylation is 1. The van der Waals surface area contributed by atoms with Crippen LogP contribution in [-0.4, -0.2) is 32.7 Å². The molecule has 6 nitrogen and oxygen atoms in total. The Hall–Kier alpha value is -2.11. The Bertz CT molecular complexity index is 498. The molecule has 0 aromatic carbocycles. The van der Waals surface area contributed by atoms with Crippen LogP contribution in [0.5, 0.6) is 5.88 Å². The number of nitrogens with zero attached hydrogens (tertiary/aromatic N) is 4. The molecule has 1 N–H and O–H groups in total. The fourth-order valence-corrected chi connectivity index (χ4v) is 1.66. The standard InChI is InChI=1S/C14H21N5O/c1-12(2)9-20-14-8-13(17-10-18-14)16-4-3-6-19-7-5-15-11-19/h5,7-8,10-12H,3-4,6,9H2,1-2H3,(H,16,17,18). The van der Waals surface area contributed by atoms with Gasteiger partial charge in [0.2, 0.25) is 5.88 Å². The van der Waals surface area contributed by atoms with Crippen molar-refractivity contribution in [3.8, 4) is 5.88 Å². The van der Waals surface area contributed by atoms with E-state index >= 15 is 0 Å². The summed E-state index contributed by atoms with van der Waals surface area (Å²) in [5.41, 5.74) is 0. The molecule has 2 aromatic heterocycles. The van der Waals surface area contributed by atoms with Crippen molar-refractivity contribution in [2.75, 3.05) is 18.5 Å². The molecule has 0 saturated heterocycles. The van der Waals surface area contributed by atoms with Crippen molar-refractivity contribution in [1.82, 2.24) is 19.5 Å². The number of hydrogen-bond donors (Lipinski definition) is 1. The summed E-state index contributed by atoms with van der Waals surface area (Å²) in [6, 6.07) is 1.83. The fourth-order valence-electron chi connectivity index (χ4n) is 1.66. The van der Waals surface area contributed by atoms with Crippen LogP contribution < -0.4 is 10.1 Å². The highest BCUT2D eigenvalue weighted by Crippen LogP contribution is 2.11. The molecule has 0 aliphatic heterocycles. The highest BCUT2D eigenvalue weighted by Gasteiger charge is 2.01. The van der Waals surface area contributed by atoms with E-state index in [1.54, 1.807) is 6.20 Å². The first-order chi connectivity index (χ1) is 9.74. The first-order valence-corrected chi connectivity index (χ1v) is 6.88. The van der Waals surface area contributed by atoms with Gasteiger partial charge in [0.25, 0.3) is 0 Å². The van der Waals surface area contributed by atoms with E-state index in [2.05, 4.69) is 38.7 Å². The Morgan fingerprint density at radius 2 is 2.25 bits per heavy atom. The Balaban J connectivity index is 1.73. The van der Waals surface area contributed by atoms with Gasteiger partial charge in [0.05, 0.1) is 12.9 Å². The minimum atomic E-state index is 0.483. The van der Waals surface area contributed by atoms with Crippen LogP contribution >= 0.6 is 0 Å². The maximum atomic E-state index is 5.57. The van der Waals surface area contributed by atoms with E-state index in [1.165, 1.54) is 6.33 Å². The van der Waals surface area contributed by atoms with Crippen molar-refractivity contribution in [1.29, 1.82) is 0 Å². The molecule has 108 valence electrons. The van der Waals surface area contributed by atoms with E-state index in [1.807, 2.05) is 18.6 Å². The van der Waals surface area contributed by atoms with Crippen LogP contribution in [0, 0.1) is 5.92 Å². The van der Waals surface area contributed by atoms with Crippen LogP contribution in [0.3, 0.4) is 0 Å². The van der Waals surface area contributed by atoms with Crippen LogP contribution in [0.2, 0.25) is 0 Å². The molecule has 20 heavy (non-hydrogen) atoms. The van der Waals surface area contributed by atoms with Crippen LogP contribution in [0.4, 0.5) is 5.82 Å². The summed E-state index contributed by atoms with van der Waals surface area (Å²) in [5, 5.41) is 3.27. The Morgan fingerprint density at radius 1 is 1.35 bits per heavy atom. The van der Waals surface area contributed by atoms with Gasteiger partial charge in [-0.1, -0.05) is 13.8 Å². The van der Waals surface area contributed by atoms with Gasteiger partial charge in [-0.3, -0.25) is 0 Å². The van der Waals surface area contributed by atoms with Crippen molar-refractivity contribution in [2.45, 2.75) is 26.8 Å². The quantitative estimate of drug-likeness (QED) is 0.748. The van der Waals surface area contributed by atoms with Gasteiger partial charge in [-0.25, -0.2) is 15.0 Å². The molecule has 0 amide bonds. The lowest BCUT2D eigenvalue weighted by Gasteiger charge is -2.09. The molecule has 0 fully saturated rings. The second-order valence-corrected chi connectivity index (χ2v) is 5.03. The van der Waals surface area contributed by atoms with Crippen molar-refractivity contribution in [2.24, 2.45) is 5.92 Å². The number of ether oxygens (including phenoxy) is 1. The Labute approximate surface area is 119 Å². The molecule has 2 aromatic rings. The average Bonchev–Trinajstić information content (AvgIpc) is 2.95. The summed E-state index contributed by atoms with van der Waals surface area (Å²) in [6.07, 6.45) is 8.09. The first-order valence-electron chi connectivity index (χ1n) is 6.88. The van der Waals surface area contributed by atoms with E-state index in [0.717, 1.165) is 25.3 Å². The minimum Gasteiger partial charge on any atom is -0.477 e. The van der Waals surface area contributed by atoms with Gasteiger partial charge in [0.1, 0.15) is 12.1 Å². The molecule has 2 rings (SSSR count). The van der Waals surface area contributed by atoms with Crippen molar-refractivity contribution >= 4 is 5.82 Å². The minimum absolute atomic E-state index is 0.483. The Kier molecular flexibility index (Phi) is 5.34. The van der Waals surface area contributed by atoms with Gasteiger partial charge in [0.15, 0.2) is 0 Å². The highest BCUT2D eigenvalue weighted by molar-refractivity contribution is 5.36. The van der Waals surface area contributed by atoms with Gasteiger partial charge >= 0.3 is 0 Å². The third-order valence-corrected chi connectivity index (χ3v) is 2.66. The smallest absolute Gasteiger partial charge is 0.218 e. The zero-order valence-electron chi connectivity index (χ0n) is 12.0. The number of nitrogens with one attached hydrogen (secondary N) is 1. The van der Waals surface area contributed by atoms with Gasteiger partial charge in [-0.05, 0) is 12.3 Å². The molecular formula is C14H21N5O. The van der Waals surface area contributed by atoms with Crippen molar-refractivity contribution in [3.63, 3.8) is 0 Å². The van der Waals surface area contributed by atoms with Crippen molar-refractivity contribution < 1.29 is 4.74 Å². The number of rotatable bonds is 8. The lowest BCUT2D eigenvalue weighted by Crippen LogP contribution is -2.09. The predicted octanol–water partition coefficient (Wildman–Crippen LogP) is 2.21. The number of anilines is 1. The number of aromatic nitrogens is 4. The van der Waals surface area contributed by atoms with Crippen LogP contribution in [0.15, 0.2) is 31.1 Å². The topological polar surface area (TPSA) is 64.9 Å². The number of hydrogen-bond acceptors (Lipinski definition) is 5. The van der Waals surface area contributed by atoms with E-state index in [0.29, 0.717) is 18.4 Å². The molecule has 0 bridgehead atoms. The van der Waals surface area contributed by atoms with Gasteiger partial charge in [-0.2, -0.15) is 0 Å². The summed E-state index contributed by atoms with van der Waals surface area (Å²) < 4.78 is 7.62. The van der Waals surface area contributed by atoms with Gasteiger partial charge in [-0.15, -0.1) is 0 Å². The second-order valence-electron chi connectivity index (χ2n) is 5.03. The lowest BCUT2D eigenvalue weighted by atomic mass is 10.2. The monoisotopic (exact) mass is 275 g/mol. The van der Waals surface area contributed by atoms with Crippen LogP contribution in [0.25, 0.3) is 0 Å². The van der Waals surface area contributed by atoms with Crippen molar-refractivity contribution in [3.05, 3.63) is 31.1 Å². The third-order valence-electron chi connectivity index (χ3n) is 2.66. The normalized spacial score (nSPS) is 10.8. The summed E-state index contributed by atoms with van der Waals surface area (Å²) in [5.74, 6) is 1.90. The van der Waals surface area contributed by atoms with E-state index < -0.39 is 0 Å². The zero-order valence-corrected chi connectivity index (χ0v) is 12.0. The molecule has 2 heterocycles. The largest absolute Gasteiger partial charge is 0.477 e. The maximum absolute atomic E-state index is 5.57. The third kappa shape index (κ3) is 4.87. The molecular weight excluding hydrogens is 254 g/mol. The first kappa shape index (κ1) is 14.3. The summed E-state index contributed by atoms with van der Waals surface area (Å²) in [4.78, 5) is 12.3. The lowest BCUT2D eigenvalue weighted by molar-refractivity contribution is 0.261. The highest BCUT2D eigenvalue weighted by atomic mass is 16.5. The maximum Gasteiger partial charge on any atom is 0.218 e. The van der Waals surface area contributed by atoms with E-state index in [9.17, 15) is 0 Å². The molecule has 0 spiro atoms. The zero-order chi connectivity index (χ0) is 14.2. The van der Waals surface area contributed by atoms with Crippen LogP contribution in [0.1, 0.15) is 20.3 Å². The van der Waals surface area contributed by atoms with Crippen LogP contribution in [-0.2, 0) is 6.54 Å². The molecule has 0 unspecified atom stereocenters. The Morgan fingerprint density at radius 3 is 3.00 bits per heavy atom. The molecule has 0 radical (unpaired) electrons. The van der Waals surface area contributed by atoms with E-state index in [4.69, 9.17) is 4.74 Å². The molecule has 0 aliphatic carbocycles. The summed E-state index contributed by atoms with van der Waals surface area (Å²) >= 11 is 0. The molecule has 6 heteroatoms. The summed E-state index contributed by atoms with van der Waals surface area (Å²) in [7, 11) is 0. The SMILES string of the molecule is CC(C)COc1cc(NCCCn2ccnc2)ncn1. The number of imidazole rings is 1. The molecule has 0 atom stereocenters. The molecule has 0 aliphatic rings. The predicted molar refractivity (Wildman–Crippen MR) is 77.7 cm³/mol. The molecule has 0 saturated carbocycles. The second kappa shape index (κ2) is 7.47. The fraction of sp³-hybridized carbons (Fsp3) is 0.500. The summed E-state index contributed by atoms with van der Waals surface area (Å²) in [6.45, 7) is 6.66. The average molecular weight is 275 g/mol. The van der Waals surface area contributed by atoms with E-state index in [-0.39, 0.29) is 0 Å². The van der Waals surface area contributed by atoms with Gasteiger partial charge < -0.3 is 14.6 Å².